The van der Waals surface area contributed by atoms with E-state index < -0.39 is 80.6 Å². The average molecular weight is 1360 g/mol. The highest BCUT2D eigenvalue weighted by Gasteiger charge is 2.44. The molecule has 27 nitrogen and oxygen atoms in total. The second-order valence-electron chi connectivity index (χ2n) is 22.6. The van der Waals surface area contributed by atoms with Gasteiger partial charge in [-0.3, -0.25) is 43.4 Å². The van der Waals surface area contributed by atoms with Crippen LogP contribution in [-0.4, -0.2) is 144 Å². The molecule has 92 heavy (non-hydrogen) atoms. The van der Waals surface area contributed by atoms with Gasteiger partial charge in [0.1, 0.15) is 12.6 Å². The first-order valence-electron chi connectivity index (χ1n) is 29.8. The van der Waals surface area contributed by atoms with E-state index in [9.17, 15) is 47.3 Å². The van der Waals surface area contributed by atoms with Crippen molar-refractivity contribution < 1.29 is 90.0 Å². The van der Waals surface area contributed by atoms with Crippen LogP contribution in [0, 0.1) is 10.1 Å². The number of amides is 5. The summed E-state index contributed by atoms with van der Waals surface area (Å²) in [6, 6.07) is 13.5. The Kier molecular flexibility index (Phi) is 30.6. The van der Waals surface area contributed by atoms with Gasteiger partial charge in [-0.15, -0.1) is 8.67 Å². The van der Waals surface area contributed by atoms with Crippen molar-refractivity contribution >= 4 is 103 Å². The Labute approximate surface area is 548 Å². The van der Waals surface area contributed by atoms with Gasteiger partial charge in [0.25, 0.3) is 15.8 Å². The summed E-state index contributed by atoms with van der Waals surface area (Å²) in [5.74, 6) is -3.56. The minimum absolute atomic E-state index is 0.0136. The molecule has 0 radical (unpaired) electrons. The number of carbonyl (C=O) groups excluding carboxylic acids is 6. The molecular formula is C61H83N8O19S4+. The third-order valence-corrected chi connectivity index (χ3v) is 18.1. The molecule has 2 aliphatic rings. The predicted molar refractivity (Wildman–Crippen MR) is 348 cm³/mol. The second kappa shape index (κ2) is 37.1. The van der Waals surface area contributed by atoms with Crippen molar-refractivity contribution in [3.05, 3.63) is 111 Å². The minimum Gasteiger partial charge on any atom is -0.493 e. The van der Waals surface area contributed by atoms with Crippen LogP contribution >= 0.6 is 35.8 Å². The summed E-state index contributed by atoms with van der Waals surface area (Å²) in [6.45, 7) is 14.4. The number of benzene rings is 3. The van der Waals surface area contributed by atoms with Gasteiger partial charge in [-0.1, -0.05) is 67.8 Å². The molecule has 0 fully saturated rings. The first-order chi connectivity index (χ1) is 43.7. The zero-order valence-corrected chi connectivity index (χ0v) is 56.0. The van der Waals surface area contributed by atoms with E-state index in [0.717, 1.165) is 87.2 Å². The normalized spacial score (nSPS) is 14.8. The summed E-state index contributed by atoms with van der Waals surface area (Å²) in [5, 5.41) is 49.0. The lowest BCUT2D eigenvalue weighted by Crippen LogP contribution is -2.51. The van der Waals surface area contributed by atoms with E-state index in [1.54, 1.807) is 6.07 Å². The Balaban J connectivity index is 1.13. The van der Waals surface area contributed by atoms with E-state index in [-0.39, 0.29) is 79.0 Å². The molecular weight excluding hydrogens is 1280 g/mol. The fraction of sp³-hybridized carbons (Fsp3) is 0.492. The number of likely N-dealkylation sites (N-methyl/N-ethyl adjacent to an activating group) is 1. The molecule has 2 heterocycles. The number of ether oxygens (including phenoxy) is 2. The van der Waals surface area contributed by atoms with E-state index in [0.29, 0.717) is 43.1 Å². The van der Waals surface area contributed by atoms with Crippen LogP contribution in [0.2, 0.25) is 0 Å². The van der Waals surface area contributed by atoms with Crippen LogP contribution < -0.4 is 41.0 Å². The molecule has 0 unspecified atom stereocenters. The van der Waals surface area contributed by atoms with Crippen LogP contribution in [-0.2, 0) is 68.5 Å². The number of anilines is 1. The molecule has 0 aliphatic carbocycles. The number of rotatable bonds is 40. The highest BCUT2D eigenvalue weighted by atomic mass is 32.2. The van der Waals surface area contributed by atoms with Crippen LogP contribution in [0.15, 0.2) is 94.4 Å². The predicted octanol–water partition coefficient (Wildman–Crippen LogP) is 8.46. The number of unbranched alkanes of at least 4 members (excludes halogenated alkanes) is 3. The van der Waals surface area contributed by atoms with Gasteiger partial charge in [-0.25, -0.2) is 10.5 Å². The number of hydrogen-bond donors (Lipinski definition) is 8. The summed E-state index contributed by atoms with van der Waals surface area (Å²) in [6.07, 6.45) is 13.5. The third-order valence-electron chi connectivity index (χ3n) is 15.1. The van der Waals surface area contributed by atoms with Gasteiger partial charge in [-0.2, -0.15) is 13.0 Å². The number of methoxy groups -OCH3 is 1. The van der Waals surface area contributed by atoms with E-state index in [4.69, 9.17) is 28.9 Å². The lowest BCUT2D eigenvalue weighted by atomic mass is 9.81. The summed E-state index contributed by atoms with van der Waals surface area (Å²) < 4.78 is 53.6. The van der Waals surface area contributed by atoms with Crippen LogP contribution in [0.25, 0.3) is 0 Å². The van der Waals surface area contributed by atoms with Crippen molar-refractivity contribution in [3.8, 4) is 11.5 Å². The molecule has 31 heteroatoms. The maximum Gasteiger partial charge on any atom is 0.276 e. The molecule has 5 rings (SSSR count). The highest BCUT2D eigenvalue weighted by molar-refractivity contribution is 8.14. The van der Waals surface area contributed by atoms with Crippen molar-refractivity contribution in [1.82, 2.24) is 26.6 Å². The van der Waals surface area contributed by atoms with E-state index in [1.165, 1.54) is 13.2 Å². The maximum absolute atomic E-state index is 13.4. The number of nitro benzene ring substituents is 1. The third kappa shape index (κ3) is 23.0. The number of carbonyl (C=O) groups is 6. The molecule has 3 aromatic rings. The first kappa shape index (κ1) is 75.8. The van der Waals surface area contributed by atoms with Gasteiger partial charge in [-0.05, 0) is 113 Å². The standard InChI is InChI=1S/C61H82N8O19S4/c1-9-67-47-26-24-41(90-87-85-78)33-44(47)60(4,5)52(67)20-12-10-13-21-53-61(6,7)45-34-42(91-88-86-79)25-27-48(45)68(53)29-17-11-14-22-54(70)62-28-16-15-19-46(59(75)65-37-56(72)64-39-58(74)89-31-32-92(80,81)82)66-57(73)38-63-55(71)23-18-30-84-51-36-49(69(76)77)43(40(2)3)35-50(51)83-8/h10,12-13,20-21,24-27,33-36,40,46H,9,11,14-19,22-23,28-32,37-39H2,1-8H3,(H7-,62,63,64,65,66,70,71,72,73,75,78,79,80,81,82)/p+1/t46-/m0/s1. The van der Waals surface area contributed by atoms with Crippen LogP contribution in [0.1, 0.15) is 129 Å². The summed E-state index contributed by atoms with van der Waals surface area (Å²) in [5.41, 5.74) is 5.99. The largest absolute Gasteiger partial charge is 0.493 e. The minimum atomic E-state index is -4.29. The van der Waals surface area contributed by atoms with Crippen molar-refractivity contribution in [1.29, 1.82) is 0 Å². The molecule has 0 aromatic heterocycles. The summed E-state index contributed by atoms with van der Waals surface area (Å²) in [7, 11) is -2.88. The molecule has 0 saturated heterocycles. The zero-order chi connectivity index (χ0) is 67.6. The molecule has 1 atom stereocenters. The number of thioether (sulfide) groups is 1. The Bertz CT molecular complexity index is 3340. The highest BCUT2D eigenvalue weighted by Crippen LogP contribution is 2.49. The molecule has 5 amide bonds. The lowest BCUT2D eigenvalue weighted by molar-refractivity contribution is -0.438. The van der Waals surface area contributed by atoms with Gasteiger partial charge in [0.15, 0.2) is 17.2 Å². The van der Waals surface area contributed by atoms with E-state index in [1.807, 2.05) is 68.5 Å². The summed E-state index contributed by atoms with van der Waals surface area (Å²) in [4.78, 5) is 92.0. The second-order valence-corrected chi connectivity index (χ2v) is 26.9. The van der Waals surface area contributed by atoms with Gasteiger partial charge in [0.2, 0.25) is 40.3 Å². The molecule has 504 valence electrons. The van der Waals surface area contributed by atoms with Gasteiger partial charge in [0.05, 0.1) is 79.6 Å². The average Bonchev–Trinajstić information content (AvgIpc) is 1.60. The smallest absolute Gasteiger partial charge is 0.276 e. The molecule has 0 spiro atoms. The van der Waals surface area contributed by atoms with E-state index in [2.05, 4.69) is 97.2 Å². The summed E-state index contributed by atoms with van der Waals surface area (Å²) >= 11 is 2.39. The van der Waals surface area contributed by atoms with Crippen molar-refractivity contribution in [2.45, 2.75) is 139 Å². The Morgan fingerprint density at radius 3 is 2.09 bits per heavy atom. The first-order valence-corrected chi connectivity index (χ1v) is 33.9. The molecule has 3 aromatic carbocycles. The number of hydrogen-bond acceptors (Lipinski definition) is 22. The number of nitrogens with zero attached hydrogens (tertiary/aromatic N) is 3. The maximum atomic E-state index is 13.4. The van der Waals surface area contributed by atoms with Crippen molar-refractivity contribution in [2.24, 2.45) is 0 Å². The quantitative estimate of drug-likeness (QED) is 0.00386. The topological polar surface area (TPSA) is 362 Å². The van der Waals surface area contributed by atoms with Gasteiger partial charge >= 0.3 is 0 Å². The van der Waals surface area contributed by atoms with Crippen LogP contribution in [0.5, 0.6) is 11.5 Å². The number of allylic oxidation sites excluding steroid dienone is 6. The Hall–Kier alpha value is -6.91. The molecule has 2 aliphatic heterocycles. The van der Waals surface area contributed by atoms with Gasteiger partial charge < -0.3 is 41.0 Å². The van der Waals surface area contributed by atoms with Gasteiger partial charge in [0, 0.05) is 88.0 Å². The van der Waals surface area contributed by atoms with E-state index >= 15 is 0 Å². The Morgan fingerprint density at radius 1 is 0.761 bits per heavy atom. The molecule has 8 N–H and O–H groups in total. The van der Waals surface area contributed by atoms with Crippen LogP contribution in [0.3, 0.4) is 0 Å². The monoisotopic (exact) mass is 1360 g/mol. The van der Waals surface area contributed by atoms with Crippen molar-refractivity contribution in [2.75, 3.05) is 69.4 Å². The molecule has 0 saturated carbocycles. The molecule has 0 bridgehead atoms. The number of nitrogens with one attached hydrogen (secondary N) is 5. The number of fused-ring (bicyclic) bond motifs is 2. The lowest BCUT2D eigenvalue weighted by Gasteiger charge is -2.25. The zero-order valence-electron chi connectivity index (χ0n) is 52.7. The van der Waals surface area contributed by atoms with Crippen molar-refractivity contribution in [3.63, 3.8) is 0 Å². The fourth-order valence-electron chi connectivity index (χ4n) is 10.5. The fourth-order valence-corrected chi connectivity index (χ4v) is 12.8. The number of nitro groups is 1. The SMILES string of the molecule is CCN1/C(=C/C=C/C=C/C2=[N+](CCCCCC(=O)NCCCC[C@H](NC(=O)CNC(=O)CCCOc3cc([N+](=O)[O-])c(C(C)C)cc3OC)C(=O)NCC(=O)NCC(=O)SCCS(=O)(=O)O)c3ccc(SOOO)cc3C2(C)C)C(C)(C)c2cc(SOOO)ccc21. The Morgan fingerprint density at radius 2 is 1.42 bits per heavy atom. The van der Waals surface area contributed by atoms with Crippen LogP contribution in [0.4, 0.5) is 17.1 Å².